The lowest BCUT2D eigenvalue weighted by Crippen LogP contribution is -2.44. The van der Waals surface area contributed by atoms with Gasteiger partial charge in [-0.05, 0) is 39.8 Å². The lowest BCUT2D eigenvalue weighted by Gasteiger charge is -2.30. The summed E-state index contributed by atoms with van der Waals surface area (Å²) in [7, 11) is -2.83. The molecule has 1 rings (SSSR count). The van der Waals surface area contributed by atoms with Crippen LogP contribution in [0.4, 0.5) is 0 Å². The monoisotopic (exact) mass is 248 g/mol. The molecule has 0 bridgehead atoms. The van der Waals surface area contributed by atoms with Crippen LogP contribution in [0.2, 0.25) is 0 Å². The van der Waals surface area contributed by atoms with Crippen LogP contribution in [0.5, 0.6) is 0 Å². The van der Waals surface area contributed by atoms with Crippen molar-refractivity contribution in [3.63, 3.8) is 0 Å². The Hall–Kier alpha value is -0.130. The van der Waals surface area contributed by atoms with E-state index in [-0.39, 0.29) is 5.75 Å². The van der Waals surface area contributed by atoms with Crippen LogP contribution >= 0.6 is 0 Å². The van der Waals surface area contributed by atoms with E-state index in [4.69, 9.17) is 0 Å². The molecule has 0 spiro atoms. The Bertz CT molecular complexity index is 291. The molecule has 5 heteroatoms. The number of rotatable bonds is 3. The number of sulfone groups is 1. The second-order valence-corrected chi connectivity index (χ2v) is 7.28. The first kappa shape index (κ1) is 13.9. The molecule has 16 heavy (non-hydrogen) atoms. The third-order valence-electron chi connectivity index (χ3n) is 3.10. The summed E-state index contributed by atoms with van der Waals surface area (Å²) < 4.78 is 22.2. The van der Waals surface area contributed by atoms with Crippen molar-refractivity contribution >= 4 is 9.84 Å². The van der Waals surface area contributed by atoms with Crippen molar-refractivity contribution in [3.8, 4) is 0 Å². The van der Waals surface area contributed by atoms with Gasteiger partial charge in [-0.15, -0.1) is 0 Å². The first-order chi connectivity index (χ1) is 7.37. The average Bonchev–Trinajstić information content (AvgIpc) is 2.12. The van der Waals surface area contributed by atoms with E-state index in [1.165, 1.54) is 6.26 Å². The second kappa shape index (κ2) is 5.98. The smallest absolute Gasteiger partial charge is 0.148 e. The van der Waals surface area contributed by atoms with E-state index in [1.807, 2.05) is 0 Å². The van der Waals surface area contributed by atoms with Crippen molar-refractivity contribution in [1.29, 1.82) is 0 Å². The first-order valence-electron chi connectivity index (χ1n) is 6.03. The summed E-state index contributed by atoms with van der Waals surface area (Å²) in [5, 5.41) is 3.53. The molecule has 0 aromatic carbocycles. The van der Waals surface area contributed by atoms with Crippen molar-refractivity contribution in [2.45, 2.75) is 38.8 Å². The minimum atomic E-state index is -2.83. The summed E-state index contributed by atoms with van der Waals surface area (Å²) in [4.78, 5) is 2.27. The van der Waals surface area contributed by atoms with Gasteiger partial charge in [-0.2, -0.15) is 0 Å². The first-order valence-corrected chi connectivity index (χ1v) is 8.09. The van der Waals surface area contributed by atoms with Gasteiger partial charge in [0.15, 0.2) is 0 Å². The van der Waals surface area contributed by atoms with E-state index in [1.54, 1.807) is 0 Å². The van der Waals surface area contributed by atoms with Crippen molar-refractivity contribution in [3.05, 3.63) is 0 Å². The second-order valence-electron chi connectivity index (χ2n) is 5.02. The minimum absolute atomic E-state index is 0.281. The molecule has 2 unspecified atom stereocenters. The fourth-order valence-corrected chi connectivity index (χ4v) is 2.62. The van der Waals surface area contributed by atoms with Crippen molar-refractivity contribution < 1.29 is 8.42 Å². The summed E-state index contributed by atoms with van der Waals surface area (Å²) in [6, 6.07) is 1.05. The Morgan fingerprint density at radius 1 is 1.19 bits per heavy atom. The van der Waals surface area contributed by atoms with E-state index in [0.29, 0.717) is 18.6 Å². The summed E-state index contributed by atoms with van der Waals surface area (Å²) >= 11 is 0. The van der Waals surface area contributed by atoms with Crippen LogP contribution in [-0.4, -0.2) is 57.0 Å². The highest BCUT2D eigenvalue weighted by Crippen LogP contribution is 2.06. The maximum absolute atomic E-state index is 11.1. The van der Waals surface area contributed by atoms with Gasteiger partial charge in [-0.3, -0.25) is 0 Å². The van der Waals surface area contributed by atoms with E-state index < -0.39 is 9.84 Å². The topological polar surface area (TPSA) is 49.4 Å². The van der Waals surface area contributed by atoms with Gasteiger partial charge in [0.25, 0.3) is 0 Å². The molecule has 1 fully saturated rings. The minimum Gasteiger partial charge on any atom is -0.312 e. The quantitative estimate of drug-likeness (QED) is 0.790. The molecule has 1 N–H and O–H groups in total. The largest absolute Gasteiger partial charge is 0.312 e. The van der Waals surface area contributed by atoms with Crippen molar-refractivity contribution in [2.75, 3.05) is 31.6 Å². The van der Waals surface area contributed by atoms with Crippen molar-refractivity contribution in [2.24, 2.45) is 0 Å². The summed E-state index contributed by atoms with van der Waals surface area (Å²) in [6.07, 6.45) is 3.49. The standard InChI is InChI=1S/C11H24N2O2S/c1-10-4-6-13(7-5-11(2)12-10)8-9-16(3,14)15/h10-12H,4-9H2,1-3H3. The zero-order chi connectivity index (χ0) is 12.2. The number of hydrogen-bond acceptors (Lipinski definition) is 4. The number of hydrogen-bond donors (Lipinski definition) is 1. The normalized spacial score (nSPS) is 29.7. The van der Waals surface area contributed by atoms with Crippen LogP contribution in [0.15, 0.2) is 0 Å². The lowest BCUT2D eigenvalue weighted by molar-refractivity contribution is 0.228. The van der Waals surface area contributed by atoms with Gasteiger partial charge in [0.1, 0.15) is 9.84 Å². The highest BCUT2D eigenvalue weighted by molar-refractivity contribution is 7.90. The Balaban J connectivity index is 2.41. The SMILES string of the molecule is CC1CCN(CCS(C)(=O)=O)CCC(C)N1. The predicted octanol–water partition coefficient (Wildman–Crippen LogP) is 0.493. The molecule has 4 nitrogen and oxygen atoms in total. The highest BCUT2D eigenvalue weighted by atomic mass is 32.2. The van der Waals surface area contributed by atoms with Gasteiger partial charge in [0.05, 0.1) is 5.75 Å². The Labute approximate surface area is 99.3 Å². The molecule has 0 saturated carbocycles. The zero-order valence-corrected chi connectivity index (χ0v) is 11.4. The molecule has 0 radical (unpaired) electrons. The van der Waals surface area contributed by atoms with Gasteiger partial charge in [-0.25, -0.2) is 8.42 Å². The fourth-order valence-electron chi connectivity index (χ4n) is 2.04. The fraction of sp³-hybridized carbons (Fsp3) is 1.00. The van der Waals surface area contributed by atoms with Crippen LogP contribution < -0.4 is 5.32 Å². The third kappa shape index (κ3) is 5.82. The molecule has 0 amide bonds. The highest BCUT2D eigenvalue weighted by Gasteiger charge is 2.16. The Kier molecular flexibility index (Phi) is 5.21. The van der Waals surface area contributed by atoms with Crippen LogP contribution in [-0.2, 0) is 9.84 Å². The molecule has 2 atom stereocenters. The molecular weight excluding hydrogens is 224 g/mol. The Morgan fingerprint density at radius 2 is 1.69 bits per heavy atom. The van der Waals surface area contributed by atoms with E-state index >= 15 is 0 Å². The molecule has 0 aliphatic carbocycles. The predicted molar refractivity (Wildman–Crippen MR) is 67.4 cm³/mol. The zero-order valence-electron chi connectivity index (χ0n) is 10.6. The number of nitrogens with one attached hydrogen (secondary N) is 1. The summed E-state index contributed by atoms with van der Waals surface area (Å²) in [5.41, 5.74) is 0. The lowest BCUT2D eigenvalue weighted by atomic mass is 10.1. The van der Waals surface area contributed by atoms with E-state index in [0.717, 1.165) is 25.9 Å². The molecule has 1 aliphatic heterocycles. The maximum Gasteiger partial charge on any atom is 0.148 e. The van der Waals surface area contributed by atoms with E-state index in [9.17, 15) is 8.42 Å². The number of nitrogens with zero attached hydrogens (tertiary/aromatic N) is 1. The third-order valence-corrected chi connectivity index (χ3v) is 4.03. The van der Waals surface area contributed by atoms with Gasteiger partial charge in [0.2, 0.25) is 0 Å². The van der Waals surface area contributed by atoms with Crippen LogP contribution in [0.3, 0.4) is 0 Å². The maximum atomic E-state index is 11.1. The van der Waals surface area contributed by atoms with Gasteiger partial charge < -0.3 is 10.2 Å². The van der Waals surface area contributed by atoms with Gasteiger partial charge in [-0.1, -0.05) is 0 Å². The summed E-state index contributed by atoms with van der Waals surface area (Å²) in [5.74, 6) is 0.281. The Morgan fingerprint density at radius 3 is 2.12 bits per heavy atom. The molecule has 96 valence electrons. The molecule has 1 heterocycles. The molecule has 1 saturated heterocycles. The summed E-state index contributed by atoms with van der Waals surface area (Å²) in [6.45, 7) is 7.05. The average molecular weight is 248 g/mol. The van der Waals surface area contributed by atoms with Gasteiger partial charge >= 0.3 is 0 Å². The van der Waals surface area contributed by atoms with Crippen LogP contribution in [0.1, 0.15) is 26.7 Å². The molecule has 0 aromatic rings. The molecule has 0 aromatic heterocycles. The van der Waals surface area contributed by atoms with E-state index in [2.05, 4.69) is 24.1 Å². The van der Waals surface area contributed by atoms with Crippen LogP contribution in [0.25, 0.3) is 0 Å². The van der Waals surface area contributed by atoms with Crippen molar-refractivity contribution in [1.82, 2.24) is 10.2 Å². The van der Waals surface area contributed by atoms with Gasteiger partial charge in [0, 0.05) is 24.9 Å². The molecular formula is C11H24N2O2S. The molecule has 1 aliphatic rings. The van der Waals surface area contributed by atoms with Crippen LogP contribution in [0, 0.1) is 0 Å².